The molecular formula is C16H18ClF2NO. The van der Waals surface area contributed by atoms with Gasteiger partial charge in [-0.25, -0.2) is 8.78 Å². The summed E-state index contributed by atoms with van der Waals surface area (Å²) < 4.78 is 27.7. The van der Waals surface area contributed by atoms with Gasteiger partial charge in [-0.05, 0) is 24.1 Å². The Labute approximate surface area is 129 Å². The van der Waals surface area contributed by atoms with Crippen LogP contribution in [0.3, 0.4) is 0 Å². The summed E-state index contributed by atoms with van der Waals surface area (Å²) in [4.78, 5) is 0. The van der Waals surface area contributed by atoms with Crippen LogP contribution in [0.1, 0.15) is 22.7 Å². The SMILES string of the molecule is Cc1ccc(F)c([C@H](N)[C@H](O)Cc2ccccc2)c1F.Cl. The van der Waals surface area contributed by atoms with Gasteiger partial charge in [-0.15, -0.1) is 12.4 Å². The molecule has 3 N–H and O–H groups in total. The van der Waals surface area contributed by atoms with Crippen molar-refractivity contribution >= 4 is 12.4 Å². The van der Waals surface area contributed by atoms with Gasteiger partial charge in [0, 0.05) is 12.0 Å². The largest absolute Gasteiger partial charge is 0.391 e. The fourth-order valence-electron chi connectivity index (χ4n) is 2.16. The van der Waals surface area contributed by atoms with Gasteiger partial charge in [-0.2, -0.15) is 0 Å². The first kappa shape index (κ1) is 17.6. The molecule has 2 nitrogen and oxygen atoms in total. The van der Waals surface area contributed by atoms with Crippen LogP contribution < -0.4 is 5.73 Å². The summed E-state index contributed by atoms with van der Waals surface area (Å²) >= 11 is 0. The number of hydrogen-bond donors (Lipinski definition) is 2. The minimum absolute atomic E-state index is 0. The van der Waals surface area contributed by atoms with Crippen molar-refractivity contribution in [1.29, 1.82) is 0 Å². The summed E-state index contributed by atoms with van der Waals surface area (Å²) in [6.45, 7) is 1.54. The molecule has 5 heteroatoms. The molecule has 0 saturated heterocycles. The number of aliphatic hydroxyl groups is 1. The van der Waals surface area contributed by atoms with Crippen LogP contribution >= 0.6 is 12.4 Å². The van der Waals surface area contributed by atoms with Gasteiger partial charge in [-0.3, -0.25) is 0 Å². The Bertz CT molecular complexity index is 592. The van der Waals surface area contributed by atoms with Crippen molar-refractivity contribution in [2.45, 2.75) is 25.5 Å². The highest BCUT2D eigenvalue weighted by Crippen LogP contribution is 2.25. The molecular weight excluding hydrogens is 296 g/mol. The van der Waals surface area contributed by atoms with Crippen molar-refractivity contribution in [3.63, 3.8) is 0 Å². The van der Waals surface area contributed by atoms with Crippen LogP contribution in [0.25, 0.3) is 0 Å². The third kappa shape index (κ3) is 4.00. The molecule has 0 heterocycles. The second-order valence-corrected chi connectivity index (χ2v) is 4.87. The molecule has 114 valence electrons. The summed E-state index contributed by atoms with van der Waals surface area (Å²) in [5.41, 5.74) is 6.74. The van der Waals surface area contributed by atoms with E-state index in [1.807, 2.05) is 30.3 Å². The highest BCUT2D eigenvalue weighted by molar-refractivity contribution is 5.85. The molecule has 0 radical (unpaired) electrons. The quantitative estimate of drug-likeness (QED) is 0.910. The predicted octanol–water partition coefficient (Wildman–Crippen LogP) is 3.30. The van der Waals surface area contributed by atoms with E-state index in [1.54, 1.807) is 0 Å². The molecule has 0 aromatic heterocycles. The maximum atomic E-state index is 14.0. The Kier molecular flexibility index (Phi) is 6.27. The van der Waals surface area contributed by atoms with Gasteiger partial charge in [0.15, 0.2) is 0 Å². The van der Waals surface area contributed by atoms with E-state index in [9.17, 15) is 13.9 Å². The smallest absolute Gasteiger partial charge is 0.133 e. The van der Waals surface area contributed by atoms with Crippen LogP contribution in [0.5, 0.6) is 0 Å². The van der Waals surface area contributed by atoms with E-state index in [-0.39, 0.29) is 24.4 Å². The van der Waals surface area contributed by atoms with Gasteiger partial charge in [0.2, 0.25) is 0 Å². The zero-order valence-electron chi connectivity index (χ0n) is 11.6. The molecule has 0 amide bonds. The van der Waals surface area contributed by atoms with Crippen molar-refractivity contribution in [3.05, 3.63) is 70.8 Å². The molecule has 0 bridgehead atoms. The van der Waals surface area contributed by atoms with E-state index in [4.69, 9.17) is 5.73 Å². The lowest BCUT2D eigenvalue weighted by atomic mass is 9.95. The number of benzene rings is 2. The molecule has 2 aromatic carbocycles. The monoisotopic (exact) mass is 313 g/mol. The number of aliphatic hydroxyl groups excluding tert-OH is 1. The van der Waals surface area contributed by atoms with Crippen molar-refractivity contribution in [2.24, 2.45) is 5.73 Å². The zero-order chi connectivity index (χ0) is 14.7. The third-order valence-electron chi connectivity index (χ3n) is 3.36. The lowest BCUT2D eigenvalue weighted by Crippen LogP contribution is -2.30. The number of rotatable bonds is 4. The van der Waals surface area contributed by atoms with Crippen molar-refractivity contribution in [2.75, 3.05) is 0 Å². The number of aryl methyl sites for hydroxylation is 1. The number of hydrogen-bond acceptors (Lipinski definition) is 2. The average Bonchev–Trinajstić information content (AvgIpc) is 2.44. The maximum absolute atomic E-state index is 14.0. The Hall–Kier alpha value is -1.49. The van der Waals surface area contributed by atoms with E-state index >= 15 is 0 Å². The first-order chi connectivity index (χ1) is 9.50. The molecule has 0 spiro atoms. The van der Waals surface area contributed by atoms with Gasteiger partial charge in [-0.1, -0.05) is 36.4 Å². The molecule has 0 saturated carbocycles. The number of halogens is 3. The molecule has 0 fully saturated rings. The van der Waals surface area contributed by atoms with E-state index < -0.39 is 23.8 Å². The summed E-state index contributed by atoms with van der Waals surface area (Å²) in [7, 11) is 0. The first-order valence-electron chi connectivity index (χ1n) is 6.42. The standard InChI is InChI=1S/C16H17F2NO.ClH/c1-10-7-8-12(17)14(15(10)18)16(19)13(20)9-11-5-3-2-4-6-11;/h2-8,13,16,20H,9,19H2,1H3;1H/t13-,16-;/m1./s1. The van der Waals surface area contributed by atoms with Crippen molar-refractivity contribution in [3.8, 4) is 0 Å². The number of nitrogens with two attached hydrogens (primary N) is 1. The summed E-state index contributed by atoms with van der Waals surface area (Å²) in [6.07, 6.45) is -0.808. The average molecular weight is 314 g/mol. The topological polar surface area (TPSA) is 46.2 Å². The van der Waals surface area contributed by atoms with Gasteiger partial charge >= 0.3 is 0 Å². The minimum Gasteiger partial charge on any atom is -0.391 e. The van der Waals surface area contributed by atoms with Crippen LogP contribution in [0, 0.1) is 18.6 Å². The molecule has 0 unspecified atom stereocenters. The minimum atomic E-state index is -1.10. The Balaban J connectivity index is 0.00000220. The molecule has 2 atom stereocenters. The van der Waals surface area contributed by atoms with E-state index in [2.05, 4.69) is 0 Å². The zero-order valence-corrected chi connectivity index (χ0v) is 12.4. The van der Waals surface area contributed by atoms with Crippen LogP contribution in [-0.2, 0) is 6.42 Å². The predicted molar refractivity (Wildman–Crippen MR) is 81.4 cm³/mol. The molecule has 21 heavy (non-hydrogen) atoms. The van der Waals surface area contributed by atoms with Crippen molar-refractivity contribution < 1.29 is 13.9 Å². The summed E-state index contributed by atoms with van der Waals surface area (Å²) in [6, 6.07) is 10.6. The summed E-state index contributed by atoms with van der Waals surface area (Å²) in [5, 5.41) is 10.1. The Morgan fingerprint density at radius 2 is 1.71 bits per heavy atom. The van der Waals surface area contributed by atoms with Crippen molar-refractivity contribution in [1.82, 2.24) is 0 Å². The van der Waals surface area contributed by atoms with E-state index in [0.29, 0.717) is 5.56 Å². The van der Waals surface area contributed by atoms with Gasteiger partial charge in [0.1, 0.15) is 11.6 Å². The molecule has 0 aliphatic heterocycles. The highest BCUT2D eigenvalue weighted by Gasteiger charge is 2.24. The molecule has 2 rings (SSSR count). The highest BCUT2D eigenvalue weighted by atomic mass is 35.5. The fraction of sp³-hybridized carbons (Fsp3) is 0.250. The van der Waals surface area contributed by atoms with Crippen LogP contribution in [0.15, 0.2) is 42.5 Å². The second kappa shape index (κ2) is 7.50. The molecule has 2 aromatic rings. The lowest BCUT2D eigenvalue weighted by molar-refractivity contribution is 0.141. The van der Waals surface area contributed by atoms with Crippen LogP contribution in [0.2, 0.25) is 0 Å². The van der Waals surface area contributed by atoms with Gasteiger partial charge in [0.05, 0.1) is 12.1 Å². The van der Waals surface area contributed by atoms with Crippen LogP contribution in [-0.4, -0.2) is 11.2 Å². The fourth-order valence-corrected chi connectivity index (χ4v) is 2.16. The van der Waals surface area contributed by atoms with Gasteiger partial charge in [0.25, 0.3) is 0 Å². The maximum Gasteiger partial charge on any atom is 0.133 e. The summed E-state index contributed by atoms with van der Waals surface area (Å²) in [5.74, 6) is -1.42. The normalized spacial score (nSPS) is 13.4. The lowest BCUT2D eigenvalue weighted by Gasteiger charge is -2.21. The Morgan fingerprint density at radius 1 is 1.10 bits per heavy atom. The van der Waals surface area contributed by atoms with Crippen LogP contribution in [0.4, 0.5) is 8.78 Å². The molecule has 0 aliphatic rings. The Morgan fingerprint density at radius 3 is 2.33 bits per heavy atom. The third-order valence-corrected chi connectivity index (χ3v) is 3.36. The van der Waals surface area contributed by atoms with Gasteiger partial charge < -0.3 is 10.8 Å². The first-order valence-corrected chi connectivity index (χ1v) is 6.42. The molecule has 0 aliphatic carbocycles. The second-order valence-electron chi connectivity index (χ2n) is 4.87. The van der Waals surface area contributed by atoms with E-state index in [0.717, 1.165) is 5.56 Å². The van der Waals surface area contributed by atoms with E-state index in [1.165, 1.54) is 19.1 Å².